The summed E-state index contributed by atoms with van der Waals surface area (Å²) in [6, 6.07) is 6.69. The summed E-state index contributed by atoms with van der Waals surface area (Å²) in [6.07, 6.45) is 3.47. The monoisotopic (exact) mass is 338 g/mol. The molecule has 25 heavy (non-hydrogen) atoms. The van der Waals surface area contributed by atoms with Crippen LogP contribution in [0.2, 0.25) is 0 Å². The molecule has 0 saturated carbocycles. The van der Waals surface area contributed by atoms with Crippen LogP contribution in [0.4, 0.5) is 0 Å². The van der Waals surface area contributed by atoms with Crippen LogP contribution in [0, 0.1) is 0 Å². The van der Waals surface area contributed by atoms with Crippen molar-refractivity contribution in [2.24, 2.45) is 9.98 Å². The van der Waals surface area contributed by atoms with E-state index in [1.54, 1.807) is 19.4 Å². The lowest BCUT2D eigenvalue weighted by molar-refractivity contribution is 0.140. The molecule has 0 N–H and O–H groups in total. The number of benzene rings is 1. The van der Waals surface area contributed by atoms with Crippen LogP contribution < -0.4 is 0 Å². The first-order valence-corrected chi connectivity index (χ1v) is 8.36. The first-order chi connectivity index (χ1) is 12.2. The minimum Gasteiger partial charge on any atom is -0.339 e. The van der Waals surface area contributed by atoms with Crippen LogP contribution in [-0.2, 0) is 0 Å². The maximum absolute atomic E-state index is 4.40. The number of guanidine groups is 1. The van der Waals surface area contributed by atoms with Crippen LogP contribution in [0.25, 0.3) is 11.0 Å². The van der Waals surface area contributed by atoms with Gasteiger partial charge >= 0.3 is 0 Å². The van der Waals surface area contributed by atoms with Gasteiger partial charge in [-0.25, -0.2) is 4.99 Å². The van der Waals surface area contributed by atoms with Crippen molar-refractivity contribution in [3.63, 3.8) is 0 Å². The lowest BCUT2D eigenvalue weighted by Crippen LogP contribution is -2.48. The van der Waals surface area contributed by atoms with E-state index in [1.165, 1.54) is 5.56 Å². The molecule has 6 heteroatoms. The van der Waals surface area contributed by atoms with Gasteiger partial charge in [-0.2, -0.15) is 0 Å². The summed E-state index contributed by atoms with van der Waals surface area (Å²) in [5.74, 6) is 0.735. The minimum atomic E-state index is 0.349. The van der Waals surface area contributed by atoms with E-state index in [-0.39, 0.29) is 0 Å². The Bertz CT molecular complexity index is 734. The van der Waals surface area contributed by atoms with Gasteiger partial charge in [-0.15, -0.1) is 13.2 Å². The van der Waals surface area contributed by atoms with Crippen molar-refractivity contribution < 1.29 is 0 Å². The van der Waals surface area contributed by atoms with Crippen LogP contribution >= 0.6 is 0 Å². The highest BCUT2D eigenvalue weighted by molar-refractivity contribution is 5.84. The van der Waals surface area contributed by atoms with Gasteiger partial charge in [0.2, 0.25) is 5.96 Å². The predicted octanol–water partition coefficient (Wildman–Crippen LogP) is 2.80. The molecule has 0 bridgehead atoms. The Labute approximate surface area is 149 Å². The highest BCUT2D eigenvalue weighted by Crippen LogP contribution is 2.24. The third-order valence-corrected chi connectivity index (χ3v) is 4.46. The molecule has 2 aromatic rings. The van der Waals surface area contributed by atoms with E-state index in [0.717, 1.165) is 43.2 Å². The molecule has 0 radical (unpaired) electrons. The van der Waals surface area contributed by atoms with E-state index in [1.807, 2.05) is 6.07 Å². The number of fused-ring (bicyclic) bond motifs is 1. The Kier molecular flexibility index (Phi) is 6.77. The SMILES string of the molecule is C=C.C=NC(=NC)N1CCN(C(C)c2ccc3nccnc3c2)CC1. The summed E-state index contributed by atoms with van der Waals surface area (Å²) in [6.45, 7) is 15.6. The molecule has 3 rings (SSSR count). The third kappa shape index (κ3) is 4.28. The first-order valence-electron chi connectivity index (χ1n) is 8.36. The molecule has 6 nitrogen and oxygen atoms in total. The molecule has 0 amide bonds. The normalized spacial score (nSPS) is 16.9. The summed E-state index contributed by atoms with van der Waals surface area (Å²) < 4.78 is 0. The van der Waals surface area contributed by atoms with Gasteiger partial charge in [0.15, 0.2) is 0 Å². The van der Waals surface area contributed by atoms with Gasteiger partial charge < -0.3 is 4.90 Å². The maximum atomic E-state index is 4.40. The van der Waals surface area contributed by atoms with Crippen LogP contribution in [0.3, 0.4) is 0 Å². The number of nitrogens with zero attached hydrogens (tertiary/aromatic N) is 6. The average Bonchev–Trinajstić information content (AvgIpc) is 2.70. The van der Waals surface area contributed by atoms with Crippen molar-refractivity contribution in [2.75, 3.05) is 33.2 Å². The summed E-state index contributed by atoms with van der Waals surface area (Å²) >= 11 is 0. The molecule has 0 aliphatic carbocycles. The number of aromatic nitrogens is 2. The molecule has 1 aromatic heterocycles. The fraction of sp³-hybridized carbons (Fsp3) is 0.368. The molecular weight excluding hydrogens is 312 g/mol. The Hall–Kier alpha value is -2.60. The molecule has 1 aromatic carbocycles. The third-order valence-electron chi connectivity index (χ3n) is 4.46. The Morgan fingerprint density at radius 3 is 2.32 bits per heavy atom. The van der Waals surface area contributed by atoms with Crippen molar-refractivity contribution in [1.29, 1.82) is 0 Å². The topological polar surface area (TPSA) is 57.0 Å². The van der Waals surface area contributed by atoms with Gasteiger partial charge in [-0.1, -0.05) is 6.07 Å². The highest BCUT2D eigenvalue weighted by Gasteiger charge is 2.23. The lowest BCUT2D eigenvalue weighted by atomic mass is 10.1. The second kappa shape index (κ2) is 9.03. The molecule has 1 unspecified atom stereocenters. The number of hydrogen-bond donors (Lipinski definition) is 0. The Morgan fingerprint density at radius 2 is 1.72 bits per heavy atom. The molecule has 1 fully saturated rings. The molecule has 1 aliphatic heterocycles. The molecule has 1 saturated heterocycles. The van der Waals surface area contributed by atoms with Crippen molar-refractivity contribution in [1.82, 2.24) is 19.8 Å². The predicted molar refractivity (Wildman–Crippen MR) is 105 cm³/mol. The standard InChI is InChI=1S/C17H22N6.C2H4/c1-13(14-4-5-15-16(12-14)21-7-6-20-15)22-8-10-23(11-9-22)17(18-2)19-3;1-2/h4-7,12-13H,2,8-11H2,1,3H3;1-2H2. The Morgan fingerprint density at radius 1 is 1.08 bits per heavy atom. The van der Waals surface area contributed by atoms with Gasteiger partial charge in [-0.05, 0) is 31.3 Å². The summed E-state index contributed by atoms with van der Waals surface area (Å²) in [5.41, 5.74) is 3.17. The Balaban J connectivity index is 0.00000109. The van der Waals surface area contributed by atoms with Crippen LogP contribution in [0.1, 0.15) is 18.5 Å². The van der Waals surface area contributed by atoms with E-state index in [9.17, 15) is 0 Å². The highest BCUT2D eigenvalue weighted by atomic mass is 15.3. The summed E-state index contributed by atoms with van der Waals surface area (Å²) in [4.78, 5) is 21.5. The second-order valence-electron chi connectivity index (χ2n) is 5.69. The maximum Gasteiger partial charge on any atom is 0.219 e. The van der Waals surface area contributed by atoms with Crippen LogP contribution in [0.15, 0.2) is 53.7 Å². The zero-order valence-corrected chi connectivity index (χ0v) is 15.1. The van der Waals surface area contributed by atoms with Crippen molar-refractivity contribution in [3.8, 4) is 0 Å². The smallest absolute Gasteiger partial charge is 0.219 e. The van der Waals surface area contributed by atoms with E-state index in [0.29, 0.717) is 6.04 Å². The largest absolute Gasteiger partial charge is 0.339 e. The molecular formula is C19H26N6. The first kappa shape index (κ1) is 18.7. The van der Waals surface area contributed by atoms with Gasteiger partial charge in [0.25, 0.3) is 0 Å². The van der Waals surface area contributed by atoms with E-state index in [4.69, 9.17) is 0 Å². The van der Waals surface area contributed by atoms with E-state index in [2.05, 4.69) is 68.7 Å². The molecule has 1 aliphatic rings. The van der Waals surface area contributed by atoms with Gasteiger partial charge in [-0.3, -0.25) is 19.9 Å². The quantitative estimate of drug-likeness (QED) is 0.480. The number of hydrogen-bond acceptors (Lipinski definition) is 4. The zero-order valence-electron chi connectivity index (χ0n) is 15.1. The molecule has 0 spiro atoms. The number of piperazine rings is 1. The zero-order chi connectivity index (χ0) is 18.2. The van der Waals surface area contributed by atoms with Crippen molar-refractivity contribution in [2.45, 2.75) is 13.0 Å². The number of rotatable bonds is 2. The minimum absolute atomic E-state index is 0.349. The molecule has 2 heterocycles. The number of aliphatic imine (C=N–C) groups is 2. The lowest BCUT2D eigenvalue weighted by Gasteiger charge is -2.38. The van der Waals surface area contributed by atoms with E-state index >= 15 is 0 Å². The van der Waals surface area contributed by atoms with Gasteiger partial charge in [0.1, 0.15) is 0 Å². The van der Waals surface area contributed by atoms with Crippen molar-refractivity contribution >= 4 is 23.7 Å². The average molecular weight is 338 g/mol. The summed E-state index contributed by atoms with van der Waals surface area (Å²) in [5, 5.41) is 0. The van der Waals surface area contributed by atoms with Crippen LogP contribution in [-0.4, -0.2) is 65.7 Å². The molecule has 132 valence electrons. The second-order valence-corrected chi connectivity index (χ2v) is 5.69. The summed E-state index contributed by atoms with van der Waals surface area (Å²) in [7, 11) is 1.76. The fourth-order valence-corrected chi connectivity index (χ4v) is 3.07. The van der Waals surface area contributed by atoms with Crippen molar-refractivity contribution in [3.05, 3.63) is 49.3 Å². The van der Waals surface area contributed by atoms with Gasteiger partial charge in [0, 0.05) is 51.7 Å². The molecule has 1 atom stereocenters. The van der Waals surface area contributed by atoms with Gasteiger partial charge in [0.05, 0.1) is 11.0 Å². The van der Waals surface area contributed by atoms with E-state index < -0.39 is 0 Å². The fourth-order valence-electron chi connectivity index (χ4n) is 3.07. The van der Waals surface area contributed by atoms with Crippen LogP contribution in [0.5, 0.6) is 0 Å².